The summed E-state index contributed by atoms with van der Waals surface area (Å²) in [5.74, 6) is -0.672. The number of carbonyl (C=O) groups excluding carboxylic acids is 2. The number of para-hydroxylation sites is 1. The van der Waals surface area contributed by atoms with Crippen LogP contribution in [0.1, 0.15) is 16.7 Å². The maximum absolute atomic E-state index is 13.1. The number of hydrogen-bond donors (Lipinski definition) is 3. The Labute approximate surface area is 184 Å². The van der Waals surface area contributed by atoms with E-state index in [0.29, 0.717) is 11.1 Å². The van der Waals surface area contributed by atoms with Crippen molar-refractivity contribution < 1.29 is 27.0 Å². The molecule has 10 heteroatoms. The van der Waals surface area contributed by atoms with Crippen molar-refractivity contribution in [2.24, 2.45) is 0 Å². The number of rotatable bonds is 5. The quantitative estimate of drug-likeness (QED) is 0.400. The number of nitrogens with one attached hydrogen (secondary N) is 2. The third kappa shape index (κ3) is 4.51. The number of nitrogens with zero attached hydrogens (tertiary/aromatic N) is 1. The van der Waals surface area contributed by atoms with Gasteiger partial charge >= 0.3 is 10.3 Å². The summed E-state index contributed by atoms with van der Waals surface area (Å²) >= 11 is 0. The molecule has 0 bridgehead atoms. The Balaban J connectivity index is 1.62. The van der Waals surface area contributed by atoms with E-state index < -0.39 is 16.3 Å². The lowest BCUT2D eigenvalue weighted by atomic mass is 9.92. The van der Waals surface area contributed by atoms with Crippen LogP contribution in [0.3, 0.4) is 0 Å². The Bertz CT molecular complexity index is 1330. The van der Waals surface area contributed by atoms with E-state index in [1.54, 1.807) is 18.4 Å². The van der Waals surface area contributed by atoms with Gasteiger partial charge < -0.3 is 14.6 Å². The van der Waals surface area contributed by atoms with Gasteiger partial charge in [0.25, 0.3) is 0 Å². The molecular weight excluding hydrogens is 434 g/mol. The summed E-state index contributed by atoms with van der Waals surface area (Å²) in [5.41, 5.74) is 3.09. The van der Waals surface area contributed by atoms with Crippen LogP contribution < -0.4 is 10.0 Å². The second-order valence-electron chi connectivity index (χ2n) is 7.38. The number of benzene rings is 2. The fourth-order valence-electron chi connectivity index (χ4n) is 3.81. The molecule has 1 aromatic heterocycles. The molecule has 2 amide bonds. The molecule has 2 aromatic carbocycles. The SMILES string of the molecule is CNC(=O)[C@@H]1Cc2ccc(NS(=O)(=O)O)cc2CN1C(=O)/C=C/c1coc2ccccc12. The van der Waals surface area contributed by atoms with E-state index >= 15 is 0 Å². The van der Waals surface area contributed by atoms with Gasteiger partial charge in [0, 0.05) is 37.0 Å². The van der Waals surface area contributed by atoms with Crippen molar-refractivity contribution in [3.63, 3.8) is 0 Å². The molecule has 166 valence electrons. The molecule has 0 spiro atoms. The second kappa shape index (κ2) is 8.48. The van der Waals surface area contributed by atoms with Crippen LogP contribution in [0.5, 0.6) is 0 Å². The molecule has 1 aliphatic heterocycles. The Hall–Kier alpha value is -3.63. The third-order valence-corrected chi connectivity index (χ3v) is 5.83. The van der Waals surface area contributed by atoms with Crippen molar-refractivity contribution >= 4 is 44.9 Å². The lowest BCUT2D eigenvalue weighted by Crippen LogP contribution is -2.51. The van der Waals surface area contributed by atoms with Gasteiger partial charge in [0.15, 0.2) is 0 Å². The van der Waals surface area contributed by atoms with E-state index in [-0.39, 0.29) is 30.5 Å². The van der Waals surface area contributed by atoms with Crippen molar-refractivity contribution in [1.82, 2.24) is 10.2 Å². The minimum Gasteiger partial charge on any atom is -0.464 e. The number of furan rings is 1. The van der Waals surface area contributed by atoms with E-state index in [2.05, 4.69) is 5.32 Å². The van der Waals surface area contributed by atoms with Gasteiger partial charge in [-0.2, -0.15) is 8.42 Å². The van der Waals surface area contributed by atoms with Crippen LogP contribution in [0.15, 0.2) is 59.2 Å². The molecule has 4 rings (SSSR count). The monoisotopic (exact) mass is 455 g/mol. The number of amides is 2. The molecule has 0 saturated carbocycles. The lowest BCUT2D eigenvalue weighted by molar-refractivity contribution is -0.138. The van der Waals surface area contributed by atoms with Gasteiger partial charge in [-0.1, -0.05) is 24.3 Å². The third-order valence-electron chi connectivity index (χ3n) is 5.33. The first-order valence-corrected chi connectivity index (χ1v) is 11.2. The van der Waals surface area contributed by atoms with E-state index in [4.69, 9.17) is 8.97 Å². The van der Waals surface area contributed by atoms with Gasteiger partial charge in [0.05, 0.1) is 12.0 Å². The zero-order valence-electron chi connectivity index (χ0n) is 17.1. The molecule has 0 fully saturated rings. The van der Waals surface area contributed by atoms with Gasteiger partial charge in [0.1, 0.15) is 11.6 Å². The highest BCUT2D eigenvalue weighted by Crippen LogP contribution is 2.28. The topological polar surface area (TPSA) is 129 Å². The van der Waals surface area contributed by atoms with Crippen LogP contribution in [0, 0.1) is 0 Å². The number of likely N-dealkylation sites (N-methyl/N-ethyl adjacent to an activating group) is 1. The van der Waals surface area contributed by atoms with Gasteiger partial charge in [0.2, 0.25) is 11.8 Å². The van der Waals surface area contributed by atoms with Crippen molar-refractivity contribution in [1.29, 1.82) is 0 Å². The first kappa shape index (κ1) is 21.6. The Morgan fingerprint density at radius 2 is 1.97 bits per heavy atom. The summed E-state index contributed by atoms with van der Waals surface area (Å²) in [7, 11) is -2.92. The van der Waals surface area contributed by atoms with Crippen molar-refractivity contribution in [3.8, 4) is 0 Å². The summed E-state index contributed by atoms with van der Waals surface area (Å²) in [6, 6.07) is 11.4. The smallest absolute Gasteiger partial charge is 0.357 e. The highest BCUT2D eigenvalue weighted by atomic mass is 32.2. The maximum Gasteiger partial charge on any atom is 0.357 e. The van der Waals surface area contributed by atoms with Crippen molar-refractivity contribution in [3.05, 3.63) is 71.5 Å². The molecule has 2 heterocycles. The number of carbonyl (C=O) groups is 2. The summed E-state index contributed by atoms with van der Waals surface area (Å²) < 4.78 is 38.8. The normalized spacial score (nSPS) is 16.2. The highest BCUT2D eigenvalue weighted by Gasteiger charge is 2.33. The van der Waals surface area contributed by atoms with Gasteiger partial charge in [-0.15, -0.1) is 0 Å². The van der Waals surface area contributed by atoms with E-state index in [1.165, 1.54) is 30.2 Å². The molecule has 1 atom stereocenters. The Kier molecular flexibility index (Phi) is 5.72. The van der Waals surface area contributed by atoms with Crippen molar-refractivity contribution in [2.75, 3.05) is 11.8 Å². The molecule has 3 N–H and O–H groups in total. The average molecular weight is 455 g/mol. The van der Waals surface area contributed by atoms with Crippen LogP contribution in [-0.2, 0) is 32.9 Å². The van der Waals surface area contributed by atoms with Gasteiger partial charge in [-0.25, -0.2) is 0 Å². The van der Waals surface area contributed by atoms with Crippen LogP contribution in [0.25, 0.3) is 17.0 Å². The molecule has 0 radical (unpaired) electrons. The number of hydrogen-bond acceptors (Lipinski definition) is 5. The zero-order chi connectivity index (χ0) is 22.9. The highest BCUT2D eigenvalue weighted by molar-refractivity contribution is 7.87. The number of anilines is 1. The van der Waals surface area contributed by atoms with Crippen LogP contribution >= 0.6 is 0 Å². The Morgan fingerprint density at radius 3 is 2.72 bits per heavy atom. The minimum atomic E-state index is -4.43. The molecule has 3 aromatic rings. The lowest BCUT2D eigenvalue weighted by Gasteiger charge is -2.35. The summed E-state index contributed by atoms with van der Waals surface area (Å²) in [6.07, 6.45) is 4.86. The molecule has 0 saturated heterocycles. The molecule has 32 heavy (non-hydrogen) atoms. The Morgan fingerprint density at radius 1 is 1.19 bits per heavy atom. The van der Waals surface area contributed by atoms with E-state index in [9.17, 15) is 18.0 Å². The summed E-state index contributed by atoms with van der Waals surface area (Å²) in [6.45, 7) is 0.101. The fourth-order valence-corrected chi connectivity index (χ4v) is 4.24. The molecule has 0 unspecified atom stereocenters. The first-order valence-electron chi connectivity index (χ1n) is 9.78. The molecule has 9 nitrogen and oxygen atoms in total. The van der Waals surface area contributed by atoms with E-state index in [1.807, 2.05) is 29.0 Å². The van der Waals surface area contributed by atoms with Gasteiger partial charge in [-0.3, -0.25) is 18.9 Å². The molecule has 0 aliphatic carbocycles. The van der Waals surface area contributed by atoms with Crippen LogP contribution in [0.2, 0.25) is 0 Å². The van der Waals surface area contributed by atoms with Crippen LogP contribution in [-0.4, -0.2) is 42.8 Å². The summed E-state index contributed by atoms with van der Waals surface area (Å²) in [5, 5.41) is 3.46. The number of fused-ring (bicyclic) bond motifs is 2. The molecule has 1 aliphatic rings. The maximum atomic E-state index is 13.1. The standard InChI is InChI=1S/C22H21N3O6S/c1-23-22(27)19-11-14-6-8-17(24-32(28,29)30)10-16(14)12-25(19)21(26)9-7-15-13-31-20-5-3-2-4-18(15)20/h2-10,13,19,24H,11-12H2,1H3,(H,23,27)(H,28,29,30)/b9-7+/t19-/m0/s1. The molecular formula is C22H21N3O6S. The second-order valence-corrected chi connectivity index (χ2v) is 8.54. The van der Waals surface area contributed by atoms with E-state index in [0.717, 1.165) is 16.5 Å². The predicted molar refractivity (Wildman–Crippen MR) is 119 cm³/mol. The van der Waals surface area contributed by atoms with Crippen LogP contribution in [0.4, 0.5) is 5.69 Å². The fraction of sp³-hybridized carbons (Fsp3) is 0.182. The minimum absolute atomic E-state index is 0.101. The zero-order valence-corrected chi connectivity index (χ0v) is 17.9. The average Bonchev–Trinajstić information content (AvgIpc) is 3.18. The van der Waals surface area contributed by atoms with Gasteiger partial charge in [-0.05, 0) is 35.4 Å². The predicted octanol–water partition coefficient (Wildman–Crippen LogP) is 2.36. The van der Waals surface area contributed by atoms with Crippen molar-refractivity contribution in [2.45, 2.75) is 19.0 Å². The summed E-state index contributed by atoms with van der Waals surface area (Å²) in [4.78, 5) is 27.0. The first-order chi connectivity index (χ1) is 15.2. The largest absolute Gasteiger partial charge is 0.464 e.